The van der Waals surface area contributed by atoms with E-state index in [1.54, 1.807) is 0 Å². The number of anilines is 1. The molecule has 0 atom stereocenters. The monoisotopic (exact) mass is 305 g/mol. The van der Waals surface area contributed by atoms with Gasteiger partial charge in [0, 0.05) is 24.2 Å². The maximum absolute atomic E-state index is 13.2. The predicted octanol–water partition coefficient (Wildman–Crippen LogP) is 5.64. The van der Waals surface area contributed by atoms with Crippen molar-refractivity contribution in [3.63, 3.8) is 0 Å². The molecule has 0 N–H and O–H groups in total. The maximum Gasteiger partial charge on any atom is 0.123 e. The summed E-state index contributed by atoms with van der Waals surface area (Å²) >= 11 is 0. The number of nitrogens with zero attached hydrogens (tertiary/aromatic N) is 1. The molecule has 2 heteroatoms. The van der Waals surface area contributed by atoms with Gasteiger partial charge in [-0.05, 0) is 60.0 Å². The molecule has 3 aromatic rings. The lowest BCUT2D eigenvalue weighted by atomic mass is 9.98. The van der Waals surface area contributed by atoms with Crippen LogP contribution in [0.15, 0.2) is 60.7 Å². The fourth-order valence-electron chi connectivity index (χ4n) is 3.50. The minimum absolute atomic E-state index is 0.189. The molecule has 1 aliphatic rings. The third kappa shape index (κ3) is 2.81. The maximum atomic E-state index is 13.2. The topological polar surface area (TPSA) is 3.24 Å². The summed E-state index contributed by atoms with van der Waals surface area (Å²) in [4.78, 5) is 2.50. The van der Waals surface area contributed by atoms with Crippen LogP contribution < -0.4 is 4.90 Å². The van der Waals surface area contributed by atoms with E-state index in [1.165, 1.54) is 47.9 Å². The van der Waals surface area contributed by atoms with Crippen LogP contribution in [0.3, 0.4) is 0 Å². The molecule has 1 heterocycles. The molecule has 116 valence electrons. The highest BCUT2D eigenvalue weighted by molar-refractivity contribution is 5.98. The summed E-state index contributed by atoms with van der Waals surface area (Å²) in [5.74, 6) is -0.189. The molecule has 4 rings (SSSR count). The van der Waals surface area contributed by atoms with Gasteiger partial charge in [-0.15, -0.1) is 0 Å². The molecule has 1 saturated heterocycles. The van der Waals surface area contributed by atoms with Crippen LogP contribution in [0.5, 0.6) is 0 Å². The van der Waals surface area contributed by atoms with Crippen molar-refractivity contribution in [1.29, 1.82) is 0 Å². The summed E-state index contributed by atoms with van der Waals surface area (Å²) in [5.41, 5.74) is 3.53. The van der Waals surface area contributed by atoms with Crippen molar-refractivity contribution in [3.8, 4) is 11.1 Å². The second-order valence-electron chi connectivity index (χ2n) is 6.27. The second-order valence-corrected chi connectivity index (χ2v) is 6.27. The van der Waals surface area contributed by atoms with Gasteiger partial charge in [0.1, 0.15) is 5.82 Å². The normalized spacial score (nSPS) is 15.1. The van der Waals surface area contributed by atoms with E-state index in [0.717, 1.165) is 24.2 Å². The number of hydrogen-bond donors (Lipinski definition) is 0. The number of piperidine rings is 1. The minimum Gasteiger partial charge on any atom is -0.371 e. The zero-order valence-electron chi connectivity index (χ0n) is 13.1. The van der Waals surface area contributed by atoms with Crippen molar-refractivity contribution >= 4 is 16.5 Å². The smallest absolute Gasteiger partial charge is 0.123 e. The Kier molecular flexibility index (Phi) is 3.74. The summed E-state index contributed by atoms with van der Waals surface area (Å²) in [7, 11) is 0. The Labute approximate surface area is 136 Å². The SMILES string of the molecule is Fc1ccc(-c2cc(N3CCCCC3)c3ccccc3c2)cc1. The van der Waals surface area contributed by atoms with E-state index in [1.807, 2.05) is 12.1 Å². The number of halogens is 1. The first-order chi connectivity index (χ1) is 11.3. The van der Waals surface area contributed by atoms with Crippen LogP contribution in [0, 0.1) is 5.82 Å². The molecule has 3 aromatic carbocycles. The van der Waals surface area contributed by atoms with E-state index < -0.39 is 0 Å². The van der Waals surface area contributed by atoms with Crippen molar-refractivity contribution in [2.24, 2.45) is 0 Å². The zero-order valence-corrected chi connectivity index (χ0v) is 13.1. The third-order valence-corrected chi connectivity index (χ3v) is 4.71. The standard InChI is InChI=1S/C21H20FN/c22-19-10-8-16(9-11-19)18-14-17-6-2-3-7-20(17)21(15-18)23-12-4-1-5-13-23/h2-3,6-11,14-15H,1,4-5,12-13H2. The van der Waals surface area contributed by atoms with Gasteiger partial charge < -0.3 is 4.90 Å². The van der Waals surface area contributed by atoms with Gasteiger partial charge >= 0.3 is 0 Å². The molecule has 23 heavy (non-hydrogen) atoms. The van der Waals surface area contributed by atoms with E-state index >= 15 is 0 Å². The molecule has 1 nitrogen and oxygen atoms in total. The van der Waals surface area contributed by atoms with E-state index in [0.29, 0.717) is 0 Å². The van der Waals surface area contributed by atoms with Gasteiger partial charge in [0.15, 0.2) is 0 Å². The first-order valence-corrected chi connectivity index (χ1v) is 8.35. The Morgan fingerprint density at radius 3 is 2.26 bits per heavy atom. The van der Waals surface area contributed by atoms with Gasteiger partial charge in [0.2, 0.25) is 0 Å². The fourth-order valence-corrected chi connectivity index (χ4v) is 3.50. The number of fused-ring (bicyclic) bond motifs is 1. The van der Waals surface area contributed by atoms with Crippen LogP contribution in [0.2, 0.25) is 0 Å². The Balaban J connectivity index is 1.87. The van der Waals surface area contributed by atoms with Gasteiger partial charge in [0.25, 0.3) is 0 Å². The molecule has 0 bridgehead atoms. The van der Waals surface area contributed by atoms with Crippen molar-refractivity contribution in [1.82, 2.24) is 0 Å². The highest BCUT2D eigenvalue weighted by Gasteiger charge is 2.15. The van der Waals surface area contributed by atoms with Gasteiger partial charge in [0.05, 0.1) is 0 Å². The van der Waals surface area contributed by atoms with Crippen LogP contribution in [-0.2, 0) is 0 Å². The van der Waals surface area contributed by atoms with Crippen molar-refractivity contribution in [3.05, 3.63) is 66.5 Å². The molecule has 0 saturated carbocycles. The molecule has 0 aliphatic carbocycles. The van der Waals surface area contributed by atoms with Crippen molar-refractivity contribution in [2.45, 2.75) is 19.3 Å². The summed E-state index contributed by atoms with van der Waals surface area (Å²) < 4.78 is 13.2. The molecular formula is C21H20FN. The van der Waals surface area contributed by atoms with E-state index in [2.05, 4.69) is 41.3 Å². The summed E-state index contributed by atoms with van der Waals surface area (Å²) in [5, 5.41) is 2.55. The average Bonchev–Trinajstić information content (AvgIpc) is 2.62. The van der Waals surface area contributed by atoms with Crippen LogP contribution >= 0.6 is 0 Å². The van der Waals surface area contributed by atoms with E-state index in [-0.39, 0.29) is 5.82 Å². The third-order valence-electron chi connectivity index (χ3n) is 4.71. The number of rotatable bonds is 2. The lowest BCUT2D eigenvalue weighted by molar-refractivity contribution is 0.579. The molecule has 1 fully saturated rings. The lowest BCUT2D eigenvalue weighted by Crippen LogP contribution is -2.29. The van der Waals surface area contributed by atoms with Crippen LogP contribution in [0.25, 0.3) is 21.9 Å². The predicted molar refractivity (Wildman–Crippen MR) is 95.4 cm³/mol. The second kappa shape index (κ2) is 6.04. The highest BCUT2D eigenvalue weighted by Crippen LogP contribution is 2.34. The molecule has 0 aromatic heterocycles. The molecule has 1 aliphatic heterocycles. The van der Waals surface area contributed by atoms with Gasteiger partial charge in [-0.2, -0.15) is 0 Å². The zero-order chi connectivity index (χ0) is 15.6. The minimum atomic E-state index is -0.189. The van der Waals surface area contributed by atoms with Gasteiger partial charge in [-0.1, -0.05) is 36.4 Å². The van der Waals surface area contributed by atoms with E-state index in [9.17, 15) is 4.39 Å². The van der Waals surface area contributed by atoms with Crippen molar-refractivity contribution < 1.29 is 4.39 Å². The molecule has 0 amide bonds. The quantitative estimate of drug-likeness (QED) is 0.592. The largest absolute Gasteiger partial charge is 0.371 e. The van der Waals surface area contributed by atoms with Crippen molar-refractivity contribution in [2.75, 3.05) is 18.0 Å². The summed E-state index contributed by atoms with van der Waals surface area (Å²) in [6.07, 6.45) is 3.84. The van der Waals surface area contributed by atoms with Crippen LogP contribution in [-0.4, -0.2) is 13.1 Å². The Morgan fingerprint density at radius 2 is 1.48 bits per heavy atom. The highest BCUT2D eigenvalue weighted by atomic mass is 19.1. The van der Waals surface area contributed by atoms with Crippen LogP contribution in [0.1, 0.15) is 19.3 Å². The van der Waals surface area contributed by atoms with E-state index in [4.69, 9.17) is 0 Å². The first kappa shape index (κ1) is 14.3. The Hall–Kier alpha value is -2.35. The first-order valence-electron chi connectivity index (χ1n) is 8.35. The van der Waals surface area contributed by atoms with Crippen LogP contribution in [0.4, 0.5) is 10.1 Å². The van der Waals surface area contributed by atoms with Gasteiger partial charge in [-0.25, -0.2) is 4.39 Å². The fraction of sp³-hybridized carbons (Fsp3) is 0.238. The molecule has 0 radical (unpaired) electrons. The summed E-state index contributed by atoms with van der Waals surface area (Å²) in [6.45, 7) is 2.24. The van der Waals surface area contributed by atoms with Gasteiger partial charge in [-0.3, -0.25) is 0 Å². The molecule has 0 unspecified atom stereocenters. The lowest BCUT2D eigenvalue weighted by Gasteiger charge is -2.30. The Bertz CT molecular complexity index is 817. The number of benzene rings is 3. The molecule has 0 spiro atoms. The average molecular weight is 305 g/mol. The molecular weight excluding hydrogens is 285 g/mol. The summed E-state index contributed by atoms with van der Waals surface area (Å²) in [6, 6.07) is 19.8. The number of hydrogen-bond acceptors (Lipinski definition) is 1. The Morgan fingerprint density at radius 1 is 0.739 bits per heavy atom.